The van der Waals surface area contributed by atoms with Gasteiger partial charge in [-0.15, -0.1) is 0 Å². The maximum atomic E-state index is 12.6. The lowest BCUT2D eigenvalue weighted by molar-refractivity contribution is -0.896. The first kappa shape index (κ1) is 20.6. The molecule has 2 amide bonds. The summed E-state index contributed by atoms with van der Waals surface area (Å²) in [7, 11) is 3.56. The Bertz CT molecular complexity index is 876. The van der Waals surface area contributed by atoms with Crippen LogP contribution in [-0.4, -0.2) is 79.2 Å². The second-order valence-corrected chi connectivity index (χ2v) is 8.63. The molecule has 1 aliphatic rings. The van der Waals surface area contributed by atoms with Crippen molar-refractivity contribution in [1.29, 1.82) is 0 Å². The van der Waals surface area contributed by atoms with Crippen LogP contribution in [0.3, 0.4) is 0 Å². The molecule has 3 rings (SSSR count). The minimum absolute atomic E-state index is 0.137. The highest BCUT2D eigenvalue weighted by Gasteiger charge is 2.25. The van der Waals surface area contributed by atoms with Crippen molar-refractivity contribution in [3.63, 3.8) is 0 Å². The number of nitrogens with zero attached hydrogens (tertiary/aromatic N) is 3. The van der Waals surface area contributed by atoms with Gasteiger partial charge >= 0.3 is 0 Å². The number of aromatic nitrogens is 1. The number of quaternary nitrogens is 1. The molecule has 0 bridgehead atoms. The van der Waals surface area contributed by atoms with Crippen molar-refractivity contribution >= 4 is 34.5 Å². The summed E-state index contributed by atoms with van der Waals surface area (Å²) in [6.07, 6.45) is 0. The molecule has 0 aliphatic carbocycles. The number of likely N-dealkylation sites (N-methyl/N-ethyl adjacent to an activating group) is 1. The van der Waals surface area contributed by atoms with Crippen LogP contribution in [-0.2, 0) is 9.59 Å². The molecule has 150 valence electrons. The van der Waals surface area contributed by atoms with Crippen molar-refractivity contribution in [2.45, 2.75) is 18.9 Å². The number of piperazine rings is 1. The van der Waals surface area contributed by atoms with Crippen LogP contribution in [0.15, 0.2) is 29.3 Å². The molecule has 7 heteroatoms. The van der Waals surface area contributed by atoms with Crippen molar-refractivity contribution in [3.8, 4) is 0 Å². The SMILES string of the molecule is Cc1cc(SCC(=O)N2CC[NH+](CC(=O)N(C)C)CC2)nc2c(C)cccc12. The van der Waals surface area contributed by atoms with Crippen LogP contribution in [0, 0.1) is 13.8 Å². The minimum atomic E-state index is 0.137. The van der Waals surface area contributed by atoms with E-state index < -0.39 is 0 Å². The molecule has 6 nitrogen and oxygen atoms in total. The second-order valence-electron chi connectivity index (χ2n) is 7.63. The predicted octanol–water partition coefficient (Wildman–Crippen LogP) is 0.759. The quantitative estimate of drug-likeness (QED) is 0.752. The average Bonchev–Trinajstić information content (AvgIpc) is 2.67. The molecule has 0 atom stereocenters. The van der Waals surface area contributed by atoms with Crippen molar-refractivity contribution in [2.24, 2.45) is 0 Å². The van der Waals surface area contributed by atoms with Crippen LogP contribution < -0.4 is 4.90 Å². The number of rotatable bonds is 5. The molecule has 28 heavy (non-hydrogen) atoms. The van der Waals surface area contributed by atoms with E-state index >= 15 is 0 Å². The number of aryl methyl sites for hydroxylation is 2. The summed E-state index contributed by atoms with van der Waals surface area (Å²) < 4.78 is 0. The third-order valence-electron chi connectivity index (χ3n) is 5.29. The summed E-state index contributed by atoms with van der Waals surface area (Å²) in [4.78, 5) is 34.0. The van der Waals surface area contributed by atoms with E-state index in [0.29, 0.717) is 25.4 Å². The van der Waals surface area contributed by atoms with E-state index in [1.807, 2.05) is 4.90 Å². The Morgan fingerprint density at radius 1 is 1.18 bits per heavy atom. The lowest BCUT2D eigenvalue weighted by Gasteiger charge is -2.32. The van der Waals surface area contributed by atoms with Crippen LogP contribution in [0.2, 0.25) is 0 Å². The molecule has 1 aromatic heterocycles. The summed E-state index contributed by atoms with van der Waals surface area (Å²) in [5.74, 6) is 0.682. The van der Waals surface area contributed by atoms with Crippen molar-refractivity contribution in [1.82, 2.24) is 14.8 Å². The van der Waals surface area contributed by atoms with Gasteiger partial charge in [0.25, 0.3) is 5.91 Å². The highest BCUT2D eigenvalue weighted by Crippen LogP contribution is 2.25. The van der Waals surface area contributed by atoms with Crippen molar-refractivity contribution < 1.29 is 14.5 Å². The van der Waals surface area contributed by atoms with E-state index in [2.05, 4.69) is 38.1 Å². The first-order valence-corrected chi connectivity index (χ1v) is 10.6. The van der Waals surface area contributed by atoms with E-state index in [0.717, 1.165) is 29.2 Å². The number of carbonyl (C=O) groups is 2. The highest BCUT2D eigenvalue weighted by molar-refractivity contribution is 7.99. The van der Waals surface area contributed by atoms with Gasteiger partial charge < -0.3 is 14.7 Å². The number of hydrogen-bond acceptors (Lipinski definition) is 4. The number of fused-ring (bicyclic) bond motifs is 1. The zero-order valence-corrected chi connectivity index (χ0v) is 17.9. The minimum Gasteiger partial charge on any atom is -0.344 e. The molecule has 1 aromatic carbocycles. The van der Waals surface area contributed by atoms with Gasteiger partial charge in [0.1, 0.15) is 0 Å². The summed E-state index contributed by atoms with van der Waals surface area (Å²) in [6.45, 7) is 7.72. The number of amides is 2. The van der Waals surface area contributed by atoms with Gasteiger partial charge in [0.05, 0.1) is 42.5 Å². The molecular formula is C21H29N4O2S+. The second kappa shape index (κ2) is 8.92. The fraction of sp³-hybridized carbons (Fsp3) is 0.476. The lowest BCUT2D eigenvalue weighted by atomic mass is 10.1. The standard InChI is InChI=1S/C21H28N4O2S/c1-15-6-5-7-17-16(2)12-18(22-21(15)17)28-14-20(27)25-10-8-24(9-11-25)13-19(26)23(3)4/h5-7,12H,8-11,13-14H2,1-4H3/p+1. The van der Waals surface area contributed by atoms with Crippen LogP contribution in [0.25, 0.3) is 10.9 Å². The summed E-state index contributed by atoms with van der Waals surface area (Å²) in [5.41, 5.74) is 3.35. The first-order valence-electron chi connectivity index (χ1n) is 9.66. The zero-order valence-electron chi connectivity index (χ0n) is 17.1. The van der Waals surface area contributed by atoms with Gasteiger partial charge in [-0.3, -0.25) is 9.59 Å². The maximum absolute atomic E-state index is 12.6. The number of para-hydroxylation sites is 1. The molecule has 2 aromatic rings. The van der Waals surface area contributed by atoms with E-state index in [-0.39, 0.29) is 11.8 Å². The molecule has 1 fully saturated rings. The maximum Gasteiger partial charge on any atom is 0.277 e. The molecule has 1 N–H and O–H groups in total. The number of pyridine rings is 1. The number of thioether (sulfide) groups is 1. The van der Waals surface area contributed by atoms with E-state index in [1.54, 1.807) is 19.0 Å². The van der Waals surface area contributed by atoms with Gasteiger partial charge in [-0.05, 0) is 31.0 Å². The summed E-state index contributed by atoms with van der Waals surface area (Å²) in [6, 6.07) is 8.27. The Morgan fingerprint density at radius 3 is 2.57 bits per heavy atom. The Balaban J connectivity index is 1.54. The molecule has 0 spiro atoms. The molecule has 0 radical (unpaired) electrons. The molecule has 2 heterocycles. The van der Waals surface area contributed by atoms with Gasteiger partial charge in [-0.2, -0.15) is 0 Å². The monoisotopic (exact) mass is 401 g/mol. The highest BCUT2D eigenvalue weighted by atomic mass is 32.2. The number of nitrogens with one attached hydrogen (secondary N) is 1. The number of hydrogen-bond donors (Lipinski definition) is 1. The van der Waals surface area contributed by atoms with Crippen molar-refractivity contribution in [2.75, 3.05) is 52.6 Å². The lowest BCUT2D eigenvalue weighted by Crippen LogP contribution is -3.15. The van der Waals surface area contributed by atoms with Gasteiger partial charge in [-0.25, -0.2) is 4.98 Å². The van der Waals surface area contributed by atoms with Gasteiger partial charge in [-0.1, -0.05) is 30.0 Å². The van der Waals surface area contributed by atoms with Gasteiger partial charge in [0.15, 0.2) is 6.54 Å². The van der Waals surface area contributed by atoms with E-state index in [9.17, 15) is 9.59 Å². The fourth-order valence-corrected chi connectivity index (χ4v) is 4.32. The number of carbonyl (C=O) groups excluding carboxylic acids is 2. The molecular weight excluding hydrogens is 372 g/mol. The van der Waals surface area contributed by atoms with Crippen molar-refractivity contribution in [3.05, 3.63) is 35.4 Å². The molecule has 0 saturated carbocycles. The fourth-order valence-electron chi connectivity index (χ4n) is 3.45. The van der Waals surface area contributed by atoms with Crippen LogP contribution in [0.5, 0.6) is 0 Å². The largest absolute Gasteiger partial charge is 0.344 e. The Kier molecular flexibility index (Phi) is 6.57. The van der Waals surface area contributed by atoms with Gasteiger partial charge in [0.2, 0.25) is 5.91 Å². The van der Waals surface area contributed by atoms with Gasteiger partial charge in [0, 0.05) is 19.5 Å². The van der Waals surface area contributed by atoms with Crippen LogP contribution in [0.1, 0.15) is 11.1 Å². The normalized spacial score (nSPS) is 15.1. The number of benzene rings is 1. The van der Waals surface area contributed by atoms with E-state index in [4.69, 9.17) is 4.98 Å². The Labute approximate surface area is 170 Å². The smallest absolute Gasteiger partial charge is 0.277 e. The van der Waals surface area contributed by atoms with Crippen LogP contribution >= 0.6 is 11.8 Å². The Morgan fingerprint density at radius 2 is 1.89 bits per heavy atom. The average molecular weight is 402 g/mol. The third-order valence-corrected chi connectivity index (χ3v) is 6.19. The molecule has 1 aliphatic heterocycles. The third kappa shape index (κ3) is 4.83. The molecule has 0 unspecified atom stereocenters. The predicted molar refractivity (Wildman–Crippen MR) is 113 cm³/mol. The topological polar surface area (TPSA) is 58.0 Å². The summed E-state index contributed by atoms with van der Waals surface area (Å²) in [5, 5.41) is 2.07. The Hall–Kier alpha value is -2.12. The van der Waals surface area contributed by atoms with Crippen LogP contribution in [0.4, 0.5) is 0 Å². The molecule has 1 saturated heterocycles. The first-order chi connectivity index (χ1) is 13.3. The van der Waals surface area contributed by atoms with E-state index in [1.165, 1.54) is 27.6 Å². The zero-order chi connectivity index (χ0) is 20.3. The summed E-state index contributed by atoms with van der Waals surface area (Å²) >= 11 is 1.51.